The van der Waals surface area contributed by atoms with Gasteiger partial charge in [0, 0.05) is 6.07 Å². The van der Waals surface area contributed by atoms with E-state index in [2.05, 4.69) is 0 Å². The summed E-state index contributed by atoms with van der Waals surface area (Å²) in [5, 5.41) is 10.3. The van der Waals surface area contributed by atoms with Gasteiger partial charge in [0.25, 0.3) is 0 Å². The normalized spacial score (nSPS) is 10.1. The van der Waals surface area contributed by atoms with E-state index in [1.807, 2.05) is 0 Å². The molecule has 0 atom stereocenters. The van der Waals surface area contributed by atoms with E-state index in [1.165, 1.54) is 0 Å². The lowest BCUT2D eigenvalue weighted by molar-refractivity contribution is -0.387. The van der Waals surface area contributed by atoms with Crippen LogP contribution in [-0.4, -0.2) is 17.3 Å². The zero-order chi connectivity index (χ0) is 11.6. The van der Waals surface area contributed by atoms with E-state index in [1.54, 1.807) is 0 Å². The molecule has 7 heteroatoms. The molecular formula is C8H6F2N2O3. The van der Waals surface area contributed by atoms with E-state index >= 15 is 0 Å². The summed E-state index contributed by atoms with van der Waals surface area (Å²) in [6.45, 7) is -0.616. The van der Waals surface area contributed by atoms with Crippen molar-refractivity contribution in [3.63, 3.8) is 0 Å². The Morgan fingerprint density at radius 1 is 1.47 bits per heavy atom. The van der Waals surface area contributed by atoms with Gasteiger partial charge < -0.3 is 5.73 Å². The van der Waals surface area contributed by atoms with Gasteiger partial charge in [-0.15, -0.1) is 0 Å². The molecule has 0 amide bonds. The zero-order valence-electron chi connectivity index (χ0n) is 7.37. The van der Waals surface area contributed by atoms with Crippen LogP contribution >= 0.6 is 0 Å². The van der Waals surface area contributed by atoms with Crippen LogP contribution in [0.15, 0.2) is 12.1 Å². The molecule has 0 bridgehead atoms. The molecule has 1 aromatic rings. The van der Waals surface area contributed by atoms with Crippen LogP contribution < -0.4 is 5.73 Å². The fraction of sp³-hybridized carbons (Fsp3) is 0.125. The Labute approximate surface area is 82.6 Å². The van der Waals surface area contributed by atoms with Gasteiger partial charge in [0.1, 0.15) is 5.82 Å². The van der Waals surface area contributed by atoms with Gasteiger partial charge in [-0.2, -0.15) is 4.39 Å². The lowest BCUT2D eigenvalue weighted by Crippen LogP contribution is -2.17. The summed E-state index contributed by atoms with van der Waals surface area (Å²) in [6.07, 6.45) is 0. The fourth-order valence-electron chi connectivity index (χ4n) is 1.04. The maximum absolute atomic E-state index is 13.3. The number of nitrogens with zero attached hydrogens (tertiary/aromatic N) is 1. The SMILES string of the molecule is NCC(=O)c1c(F)ccc([N+](=O)[O-])c1F. The van der Waals surface area contributed by atoms with E-state index in [4.69, 9.17) is 5.73 Å². The van der Waals surface area contributed by atoms with Crippen LogP contribution in [0.4, 0.5) is 14.5 Å². The average Bonchev–Trinajstić information content (AvgIpc) is 2.16. The molecule has 2 N–H and O–H groups in total. The second-order valence-corrected chi connectivity index (χ2v) is 2.64. The highest BCUT2D eigenvalue weighted by Gasteiger charge is 2.24. The van der Waals surface area contributed by atoms with Crippen molar-refractivity contribution in [1.82, 2.24) is 0 Å². The predicted molar refractivity (Wildman–Crippen MR) is 46.4 cm³/mol. The van der Waals surface area contributed by atoms with E-state index in [0.29, 0.717) is 12.1 Å². The largest absolute Gasteiger partial charge is 0.324 e. The molecule has 0 heterocycles. The monoisotopic (exact) mass is 216 g/mol. The molecule has 0 unspecified atom stereocenters. The van der Waals surface area contributed by atoms with E-state index in [-0.39, 0.29) is 0 Å². The van der Waals surface area contributed by atoms with Crippen molar-refractivity contribution >= 4 is 11.5 Å². The predicted octanol–water partition coefficient (Wildman–Crippen LogP) is 1.01. The van der Waals surface area contributed by atoms with Crippen molar-refractivity contribution in [1.29, 1.82) is 0 Å². The van der Waals surface area contributed by atoms with Gasteiger partial charge in [-0.3, -0.25) is 14.9 Å². The minimum Gasteiger partial charge on any atom is -0.324 e. The summed E-state index contributed by atoms with van der Waals surface area (Å²) in [5.74, 6) is -3.67. The molecule has 0 radical (unpaired) electrons. The summed E-state index contributed by atoms with van der Waals surface area (Å²) >= 11 is 0. The van der Waals surface area contributed by atoms with Gasteiger partial charge in [-0.05, 0) is 6.07 Å². The molecule has 0 aliphatic carbocycles. The number of hydrogen-bond donors (Lipinski definition) is 1. The van der Waals surface area contributed by atoms with Crippen LogP contribution in [0.1, 0.15) is 10.4 Å². The number of ketones is 1. The van der Waals surface area contributed by atoms with Gasteiger partial charge in [0.2, 0.25) is 5.82 Å². The number of Topliss-reactive ketones (excluding diaryl/α,β-unsaturated/α-hetero) is 1. The molecule has 0 fully saturated rings. The van der Waals surface area contributed by atoms with Gasteiger partial charge in [0.05, 0.1) is 17.0 Å². The second-order valence-electron chi connectivity index (χ2n) is 2.64. The summed E-state index contributed by atoms with van der Waals surface area (Å²) in [4.78, 5) is 20.3. The van der Waals surface area contributed by atoms with Crippen molar-refractivity contribution in [3.8, 4) is 0 Å². The Bertz CT molecular complexity index is 434. The third-order valence-corrected chi connectivity index (χ3v) is 1.73. The van der Waals surface area contributed by atoms with Gasteiger partial charge in [-0.25, -0.2) is 4.39 Å². The maximum atomic E-state index is 13.3. The van der Waals surface area contributed by atoms with Crippen molar-refractivity contribution in [2.24, 2.45) is 5.73 Å². The fourth-order valence-corrected chi connectivity index (χ4v) is 1.04. The zero-order valence-corrected chi connectivity index (χ0v) is 7.37. The van der Waals surface area contributed by atoms with E-state index < -0.39 is 40.1 Å². The maximum Gasteiger partial charge on any atom is 0.305 e. The Morgan fingerprint density at radius 3 is 2.53 bits per heavy atom. The smallest absolute Gasteiger partial charge is 0.305 e. The Hall–Kier alpha value is -1.89. The number of carbonyl (C=O) groups excluding carboxylic acids is 1. The molecule has 5 nitrogen and oxygen atoms in total. The van der Waals surface area contributed by atoms with Crippen molar-refractivity contribution in [2.45, 2.75) is 0 Å². The highest BCUT2D eigenvalue weighted by Crippen LogP contribution is 2.23. The van der Waals surface area contributed by atoms with Gasteiger partial charge in [-0.1, -0.05) is 0 Å². The lowest BCUT2D eigenvalue weighted by atomic mass is 10.1. The molecule has 1 rings (SSSR count). The van der Waals surface area contributed by atoms with Crippen LogP contribution in [0.5, 0.6) is 0 Å². The summed E-state index contributed by atoms with van der Waals surface area (Å²) in [6, 6.07) is 1.31. The molecule has 1 aromatic carbocycles. The minimum absolute atomic E-state index is 0.616. The summed E-state index contributed by atoms with van der Waals surface area (Å²) in [5.41, 5.74) is 3.00. The Morgan fingerprint density at radius 2 is 2.07 bits per heavy atom. The number of nitrogens with two attached hydrogens (primary N) is 1. The van der Waals surface area contributed by atoms with Crippen molar-refractivity contribution in [2.75, 3.05) is 6.54 Å². The van der Waals surface area contributed by atoms with E-state index in [9.17, 15) is 23.7 Å². The second kappa shape index (κ2) is 4.09. The first-order valence-corrected chi connectivity index (χ1v) is 3.84. The number of hydrogen-bond acceptors (Lipinski definition) is 4. The Kier molecular flexibility index (Phi) is 3.05. The molecular weight excluding hydrogens is 210 g/mol. The minimum atomic E-state index is -1.49. The molecule has 0 saturated carbocycles. The van der Waals surface area contributed by atoms with Crippen molar-refractivity contribution < 1.29 is 18.5 Å². The topological polar surface area (TPSA) is 86.2 Å². The van der Waals surface area contributed by atoms with Crippen LogP contribution in [0.25, 0.3) is 0 Å². The van der Waals surface area contributed by atoms with Crippen LogP contribution in [-0.2, 0) is 0 Å². The standard InChI is InChI=1S/C8H6F2N2O3/c9-4-1-2-5(12(14)15)8(10)7(4)6(13)3-11/h1-2H,3,11H2. The Balaban J connectivity index is 3.43. The quantitative estimate of drug-likeness (QED) is 0.464. The van der Waals surface area contributed by atoms with Crippen molar-refractivity contribution in [3.05, 3.63) is 39.4 Å². The third-order valence-electron chi connectivity index (χ3n) is 1.73. The first-order valence-electron chi connectivity index (χ1n) is 3.84. The van der Waals surface area contributed by atoms with Crippen LogP contribution in [0.3, 0.4) is 0 Å². The highest BCUT2D eigenvalue weighted by atomic mass is 19.1. The van der Waals surface area contributed by atoms with Crippen LogP contribution in [0.2, 0.25) is 0 Å². The molecule has 80 valence electrons. The van der Waals surface area contributed by atoms with E-state index in [0.717, 1.165) is 0 Å². The molecule has 0 spiro atoms. The summed E-state index contributed by atoms with van der Waals surface area (Å²) in [7, 11) is 0. The van der Waals surface area contributed by atoms with Gasteiger partial charge in [0.15, 0.2) is 5.78 Å². The van der Waals surface area contributed by atoms with Crippen LogP contribution in [0, 0.1) is 21.7 Å². The average molecular weight is 216 g/mol. The third kappa shape index (κ3) is 1.96. The first-order chi connectivity index (χ1) is 6.99. The number of halogens is 2. The molecule has 0 saturated heterocycles. The molecule has 0 aliphatic rings. The molecule has 15 heavy (non-hydrogen) atoms. The number of rotatable bonds is 3. The number of nitro groups is 1. The molecule has 0 aliphatic heterocycles. The van der Waals surface area contributed by atoms with Gasteiger partial charge >= 0.3 is 5.69 Å². The highest BCUT2D eigenvalue weighted by molar-refractivity contribution is 5.98. The number of nitro benzene ring substituents is 1. The molecule has 0 aromatic heterocycles. The number of carbonyl (C=O) groups is 1. The first kappa shape index (κ1) is 11.2. The summed E-state index contributed by atoms with van der Waals surface area (Å²) < 4.78 is 26.3. The number of benzene rings is 1. The lowest BCUT2D eigenvalue weighted by Gasteiger charge is -2.02.